The SMILES string of the molecule is Cc1c([C@@H](C)N)ccc(Br)c1Cl. The van der Waals surface area contributed by atoms with E-state index in [1.165, 1.54) is 0 Å². The lowest BCUT2D eigenvalue weighted by molar-refractivity contribution is 0.809. The number of rotatable bonds is 1. The number of hydrogen-bond acceptors (Lipinski definition) is 1. The van der Waals surface area contributed by atoms with Crippen LogP contribution in [0.3, 0.4) is 0 Å². The highest BCUT2D eigenvalue weighted by Crippen LogP contribution is 2.30. The van der Waals surface area contributed by atoms with Crippen molar-refractivity contribution in [1.82, 2.24) is 0 Å². The molecule has 1 aromatic rings. The molecule has 0 aliphatic heterocycles. The third-order valence-corrected chi connectivity index (χ3v) is 3.25. The van der Waals surface area contributed by atoms with Gasteiger partial charge in [0.15, 0.2) is 0 Å². The van der Waals surface area contributed by atoms with Gasteiger partial charge in [0, 0.05) is 10.5 Å². The maximum absolute atomic E-state index is 6.02. The van der Waals surface area contributed by atoms with Crippen molar-refractivity contribution in [2.75, 3.05) is 0 Å². The van der Waals surface area contributed by atoms with Crippen molar-refractivity contribution in [1.29, 1.82) is 0 Å². The molecule has 0 heterocycles. The molecule has 0 fully saturated rings. The Kier molecular flexibility index (Phi) is 3.16. The third-order valence-electron chi connectivity index (χ3n) is 1.87. The molecule has 0 aliphatic rings. The van der Waals surface area contributed by atoms with Crippen molar-refractivity contribution < 1.29 is 0 Å². The quantitative estimate of drug-likeness (QED) is 0.810. The first-order valence-electron chi connectivity index (χ1n) is 3.74. The first-order chi connectivity index (χ1) is 5.54. The molecule has 66 valence electrons. The van der Waals surface area contributed by atoms with Crippen molar-refractivity contribution in [2.45, 2.75) is 19.9 Å². The third kappa shape index (κ3) is 1.82. The molecule has 0 unspecified atom stereocenters. The summed E-state index contributed by atoms with van der Waals surface area (Å²) in [5, 5.41) is 0.754. The minimum absolute atomic E-state index is 0.0376. The van der Waals surface area contributed by atoms with Crippen LogP contribution in [0, 0.1) is 6.92 Å². The van der Waals surface area contributed by atoms with E-state index in [1.54, 1.807) is 0 Å². The Bertz CT molecular complexity index is 297. The van der Waals surface area contributed by atoms with Gasteiger partial charge in [0.2, 0.25) is 0 Å². The molecule has 1 atom stereocenters. The highest BCUT2D eigenvalue weighted by molar-refractivity contribution is 9.10. The summed E-state index contributed by atoms with van der Waals surface area (Å²) in [5.41, 5.74) is 7.92. The molecule has 0 spiro atoms. The largest absolute Gasteiger partial charge is 0.324 e. The van der Waals surface area contributed by atoms with Crippen molar-refractivity contribution in [3.05, 3.63) is 32.8 Å². The van der Waals surface area contributed by atoms with Gasteiger partial charge in [-0.25, -0.2) is 0 Å². The number of nitrogens with two attached hydrogens (primary N) is 1. The molecule has 0 amide bonds. The Labute approximate surface area is 86.0 Å². The Balaban J connectivity index is 3.27. The topological polar surface area (TPSA) is 26.0 Å². The average Bonchev–Trinajstić information content (AvgIpc) is 2.00. The van der Waals surface area contributed by atoms with Crippen LogP contribution in [0.25, 0.3) is 0 Å². The van der Waals surface area contributed by atoms with Crippen LogP contribution in [0.2, 0.25) is 5.02 Å². The van der Waals surface area contributed by atoms with E-state index >= 15 is 0 Å². The lowest BCUT2D eigenvalue weighted by Gasteiger charge is -2.11. The fraction of sp³-hybridized carbons (Fsp3) is 0.333. The van der Waals surface area contributed by atoms with Crippen molar-refractivity contribution >= 4 is 27.5 Å². The second-order valence-corrected chi connectivity index (χ2v) is 4.10. The predicted molar refractivity (Wildman–Crippen MR) is 56.5 cm³/mol. The fourth-order valence-electron chi connectivity index (χ4n) is 1.16. The second-order valence-electron chi connectivity index (χ2n) is 2.86. The fourth-order valence-corrected chi connectivity index (χ4v) is 1.76. The predicted octanol–water partition coefficient (Wildman–Crippen LogP) is 3.43. The van der Waals surface area contributed by atoms with Gasteiger partial charge in [-0.15, -0.1) is 0 Å². The van der Waals surface area contributed by atoms with Gasteiger partial charge in [-0.2, -0.15) is 0 Å². The molecule has 0 radical (unpaired) electrons. The minimum Gasteiger partial charge on any atom is -0.324 e. The summed E-state index contributed by atoms with van der Waals surface area (Å²) in [4.78, 5) is 0. The molecule has 0 saturated carbocycles. The van der Waals surface area contributed by atoms with Gasteiger partial charge >= 0.3 is 0 Å². The van der Waals surface area contributed by atoms with E-state index in [2.05, 4.69) is 15.9 Å². The van der Waals surface area contributed by atoms with Gasteiger partial charge in [-0.05, 0) is 47.0 Å². The van der Waals surface area contributed by atoms with Crippen LogP contribution in [0.15, 0.2) is 16.6 Å². The highest BCUT2D eigenvalue weighted by Gasteiger charge is 2.08. The van der Waals surface area contributed by atoms with Crippen LogP contribution in [-0.4, -0.2) is 0 Å². The van der Waals surface area contributed by atoms with Crippen LogP contribution >= 0.6 is 27.5 Å². The van der Waals surface area contributed by atoms with Crippen LogP contribution < -0.4 is 5.73 Å². The van der Waals surface area contributed by atoms with Gasteiger partial charge in [0.05, 0.1) is 5.02 Å². The molecule has 1 nitrogen and oxygen atoms in total. The van der Waals surface area contributed by atoms with Gasteiger partial charge < -0.3 is 5.73 Å². The Morgan fingerprint density at radius 2 is 2.08 bits per heavy atom. The summed E-state index contributed by atoms with van der Waals surface area (Å²) in [7, 11) is 0. The number of benzene rings is 1. The molecule has 0 aliphatic carbocycles. The standard InChI is InChI=1S/C9H11BrClN/c1-5-7(6(2)12)3-4-8(10)9(5)11/h3-4,6H,12H2,1-2H3/t6-/m1/s1. The first-order valence-corrected chi connectivity index (χ1v) is 4.91. The molecule has 0 saturated heterocycles. The summed E-state index contributed by atoms with van der Waals surface area (Å²) in [5.74, 6) is 0. The zero-order valence-electron chi connectivity index (χ0n) is 7.07. The molecular weight excluding hydrogens is 237 g/mol. The number of halogens is 2. The van der Waals surface area contributed by atoms with Crippen LogP contribution in [0.4, 0.5) is 0 Å². The Hall–Kier alpha value is -0.0500. The zero-order valence-corrected chi connectivity index (χ0v) is 9.41. The first kappa shape index (κ1) is 10.0. The summed E-state index contributed by atoms with van der Waals surface area (Å²) < 4.78 is 0.922. The summed E-state index contributed by atoms with van der Waals surface area (Å²) in [6, 6.07) is 3.96. The Morgan fingerprint density at radius 1 is 1.50 bits per heavy atom. The van der Waals surface area contributed by atoms with E-state index in [9.17, 15) is 0 Å². The molecule has 2 N–H and O–H groups in total. The van der Waals surface area contributed by atoms with Crippen molar-refractivity contribution in [3.8, 4) is 0 Å². The molecule has 0 bridgehead atoms. The van der Waals surface area contributed by atoms with E-state index in [0.717, 1.165) is 20.6 Å². The smallest absolute Gasteiger partial charge is 0.0580 e. The van der Waals surface area contributed by atoms with E-state index in [1.807, 2.05) is 26.0 Å². The van der Waals surface area contributed by atoms with E-state index in [-0.39, 0.29) is 6.04 Å². The van der Waals surface area contributed by atoms with Crippen molar-refractivity contribution in [2.24, 2.45) is 5.73 Å². The van der Waals surface area contributed by atoms with E-state index in [4.69, 9.17) is 17.3 Å². The molecule has 1 aromatic carbocycles. The van der Waals surface area contributed by atoms with Crippen LogP contribution in [0.5, 0.6) is 0 Å². The van der Waals surface area contributed by atoms with Gasteiger partial charge in [-0.1, -0.05) is 17.7 Å². The molecule has 12 heavy (non-hydrogen) atoms. The Morgan fingerprint density at radius 3 is 2.58 bits per heavy atom. The number of hydrogen-bond donors (Lipinski definition) is 1. The second kappa shape index (κ2) is 3.77. The van der Waals surface area contributed by atoms with Gasteiger partial charge in [-0.3, -0.25) is 0 Å². The maximum Gasteiger partial charge on any atom is 0.0580 e. The molecule has 3 heteroatoms. The van der Waals surface area contributed by atoms with Gasteiger partial charge in [0.25, 0.3) is 0 Å². The minimum atomic E-state index is 0.0376. The van der Waals surface area contributed by atoms with Gasteiger partial charge in [0.1, 0.15) is 0 Å². The molecule has 0 aromatic heterocycles. The summed E-state index contributed by atoms with van der Waals surface area (Å²) in [6.45, 7) is 3.93. The van der Waals surface area contributed by atoms with E-state index < -0.39 is 0 Å². The van der Waals surface area contributed by atoms with Crippen LogP contribution in [0.1, 0.15) is 24.1 Å². The van der Waals surface area contributed by atoms with Crippen LogP contribution in [-0.2, 0) is 0 Å². The monoisotopic (exact) mass is 247 g/mol. The molecular formula is C9H11BrClN. The lowest BCUT2D eigenvalue weighted by Crippen LogP contribution is -2.07. The summed E-state index contributed by atoms with van der Waals surface area (Å²) in [6.07, 6.45) is 0. The lowest BCUT2D eigenvalue weighted by atomic mass is 10.0. The van der Waals surface area contributed by atoms with Crippen molar-refractivity contribution in [3.63, 3.8) is 0 Å². The molecule has 1 rings (SSSR count). The maximum atomic E-state index is 6.02. The average molecular weight is 249 g/mol. The van der Waals surface area contributed by atoms with E-state index in [0.29, 0.717) is 0 Å². The zero-order chi connectivity index (χ0) is 9.30. The highest BCUT2D eigenvalue weighted by atomic mass is 79.9. The summed E-state index contributed by atoms with van der Waals surface area (Å²) >= 11 is 9.38. The normalized spacial score (nSPS) is 13.1.